The SMILES string of the molecule is COCCN1C(=O)CC[C@@H](C(=O)N(C)C)[C@@H]1c1ccccc1Cl. The average molecular weight is 339 g/mol. The standard InChI is InChI=1S/C17H23ClN2O3/c1-19(2)17(22)13-8-9-15(21)20(10-11-23-3)16(13)12-6-4-5-7-14(12)18/h4-7,13,16H,8-11H2,1-3H3/t13-,16+/m1/s1. The zero-order valence-electron chi connectivity index (χ0n) is 13.8. The molecular formula is C17H23ClN2O3. The minimum atomic E-state index is -0.352. The smallest absolute Gasteiger partial charge is 0.227 e. The predicted molar refractivity (Wildman–Crippen MR) is 89.2 cm³/mol. The molecule has 1 heterocycles. The van der Waals surface area contributed by atoms with E-state index in [2.05, 4.69) is 0 Å². The molecule has 2 amide bonds. The maximum absolute atomic E-state index is 12.6. The van der Waals surface area contributed by atoms with Gasteiger partial charge in [0.2, 0.25) is 11.8 Å². The van der Waals surface area contributed by atoms with Gasteiger partial charge in [-0.05, 0) is 18.1 Å². The molecule has 2 atom stereocenters. The number of nitrogens with zero attached hydrogens (tertiary/aromatic N) is 2. The molecule has 6 heteroatoms. The van der Waals surface area contributed by atoms with Crippen LogP contribution in [-0.4, -0.2) is 56.0 Å². The Bertz CT molecular complexity index is 577. The fraction of sp³-hybridized carbons (Fsp3) is 0.529. The van der Waals surface area contributed by atoms with E-state index in [1.807, 2.05) is 18.2 Å². The average Bonchev–Trinajstić information content (AvgIpc) is 2.53. The van der Waals surface area contributed by atoms with Gasteiger partial charge in [-0.25, -0.2) is 0 Å². The predicted octanol–water partition coefficient (Wildman–Crippen LogP) is 2.35. The van der Waals surface area contributed by atoms with Crippen molar-refractivity contribution in [3.8, 4) is 0 Å². The lowest BCUT2D eigenvalue weighted by molar-refractivity contribution is -0.147. The Morgan fingerprint density at radius 3 is 2.70 bits per heavy atom. The number of likely N-dealkylation sites (tertiary alicyclic amines) is 1. The van der Waals surface area contributed by atoms with Gasteiger partial charge in [-0.3, -0.25) is 9.59 Å². The molecule has 23 heavy (non-hydrogen) atoms. The van der Waals surface area contributed by atoms with Crippen molar-refractivity contribution in [1.29, 1.82) is 0 Å². The summed E-state index contributed by atoms with van der Waals surface area (Å²) in [5.41, 5.74) is 0.818. The second kappa shape index (κ2) is 7.79. The molecule has 1 aromatic carbocycles. The lowest BCUT2D eigenvalue weighted by Crippen LogP contribution is -2.48. The first kappa shape index (κ1) is 17.8. The van der Waals surface area contributed by atoms with Crippen LogP contribution < -0.4 is 0 Å². The summed E-state index contributed by atoms with van der Waals surface area (Å²) in [4.78, 5) is 28.4. The summed E-state index contributed by atoms with van der Waals surface area (Å²) in [6, 6.07) is 7.06. The summed E-state index contributed by atoms with van der Waals surface area (Å²) in [5.74, 6) is -0.237. The van der Waals surface area contributed by atoms with Gasteiger partial charge in [-0.15, -0.1) is 0 Å². The van der Waals surface area contributed by atoms with E-state index < -0.39 is 0 Å². The van der Waals surface area contributed by atoms with Gasteiger partial charge in [0.25, 0.3) is 0 Å². The molecule has 0 radical (unpaired) electrons. The van der Waals surface area contributed by atoms with Crippen LogP contribution in [0.3, 0.4) is 0 Å². The topological polar surface area (TPSA) is 49.9 Å². The van der Waals surface area contributed by atoms with Crippen molar-refractivity contribution in [1.82, 2.24) is 9.80 Å². The number of ether oxygens (including phenoxy) is 1. The van der Waals surface area contributed by atoms with Crippen LogP contribution in [0.2, 0.25) is 5.02 Å². The molecule has 0 spiro atoms. The van der Waals surface area contributed by atoms with Crippen LogP contribution in [0.4, 0.5) is 0 Å². The third-order valence-corrected chi connectivity index (χ3v) is 4.57. The number of carbonyl (C=O) groups excluding carboxylic acids is 2. The molecule has 0 unspecified atom stereocenters. The molecule has 0 aliphatic carbocycles. The molecule has 0 saturated carbocycles. The summed E-state index contributed by atoms with van der Waals surface area (Å²) in [6.07, 6.45) is 0.907. The molecule has 1 aliphatic rings. The summed E-state index contributed by atoms with van der Waals surface area (Å²) in [5, 5.41) is 0.575. The Kier molecular flexibility index (Phi) is 6.02. The molecule has 0 bridgehead atoms. The number of carbonyl (C=O) groups is 2. The van der Waals surface area contributed by atoms with Gasteiger partial charge in [0, 0.05) is 39.2 Å². The quantitative estimate of drug-likeness (QED) is 0.828. The number of halogens is 1. The van der Waals surface area contributed by atoms with Crippen molar-refractivity contribution >= 4 is 23.4 Å². The molecule has 1 aliphatic heterocycles. The Morgan fingerprint density at radius 2 is 2.09 bits per heavy atom. The highest BCUT2D eigenvalue weighted by atomic mass is 35.5. The first-order valence-corrected chi connectivity index (χ1v) is 8.09. The van der Waals surface area contributed by atoms with Gasteiger partial charge in [0.05, 0.1) is 18.6 Å². The normalized spacial score (nSPS) is 21.4. The van der Waals surface area contributed by atoms with E-state index >= 15 is 0 Å². The van der Waals surface area contributed by atoms with E-state index in [1.54, 1.807) is 37.1 Å². The number of amides is 2. The minimum absolute atomic E-state index is 0.0184. The zero-order chi connectivity index (χ0) is 17.0. The van der Waals surface area contributed by atoms with Gasteiger partial charge >= 0.3 is 0 Å². The van der Waals surface area contributed by atoms with Crippen LogP contribution in [0.15, 0.2) is 24.3 Å². The number of rotatable bonds is 5. The molecule has 1 saturated heterocycles. The molecule has 1 aromatic rings. The maximum atomic E-state index is 12.6. The van der Waals surface area contributed by atoms with Crippen molar-refractivity contribution in [3.63, 3.8) is 0 Å². The van der Waals surface area contributed by atoms with E-state index in [-0.39, 0.29) is 23.8 Å². The fourth-order valence-corrected chi connectivity index (χ4v) is 3.34. The molecular weight excluding hydrogens is 316 g/mol. The van der Waals surface area contributed by atoms with E-state index in [0.29, 0.717) is 31.0 Å². The van der Waals surface area contributed by atoms with E-state index in [9.17, 15) is 9.59 Å². The zero-order valence-corrected chi connectivity index (χ0v) is 14.5. The summed E-state index contributed by atoms with van der Waals surface area (Å²) in [7, 11) is 5.07. The van der Waals surface area contributed by atoms with Crippen LogP contribution in [0, 0.1) is 5.92 Å². The van der Waals surface area contributed by atoms with Crippen LogP contribution in [-0.2, 0) is 14.3 Å². The summed E-state index contributed by atoms with van der Waals surface area (Å²) < 4.78 is 5.13. The highest BCUT2D eigenvalue weighted by Crippen LogP contribution is 2.40. The van der Waals surface area contributed by atoms with Crippen molar-refractivity contribution in [2.75, 3.05) is 34.4 Å². The monoisotopic (exact) mass is 338 g/mol. The number of piperidine rings is 1. The van der Waals surface area contributed by atoms with E-state index in [1.165, 1.54) is 0 Å². The van der Waals surface area contributed by atoms with Gasteiger partial charge in [-0.2, -0.15) is 0 Å². The molecule has 0 aromatic heterocycles. The minimum Gasteiger partial charge on any atom is -0.383 e. The second-order valence-electron chi connectivity index (χ2n) is 5.92. The van der Waals surface area contributed by atoms with Crippen LogP contribution in [0.1, 0.15) is 24.4 Å². The molecule has 0 N–H and O–H groups in total. The Balaban J connectivity index is 2.44. The molecule has 126 valence electrons. The largest absolute Gasteiger partial charge is 0.383 e. The Morgan fingerprint density at radius 1 is 1.39 bits per heavy atom. The van der Waals surface area contributed by atoms with Gasteiger partial charge in [0.1, 0.15) is 0 Å². The third-order valence-electron chi connectivity index (χ3n) is 4.22. The van der Waals surface area contributed by atoms with Crippen molar-refractivity contribution in [3.05, 3.63) is 34.9 Å². The number of benzene rings is 1. The Labute approximate surface area is 142 Å². The van der Waals surface area contributed by atoms with Gasteiger partial charge in [0.15, 0.2) is 0 Å². The van der Waals surface area contributed by atoms with Gasteiger partial charge in [-0.1, -0.05) is 29.8 Å². The highest BCUT2D eigenvalue weighted by molar-refractivity contribution is 6.31. The number of hydrogen-bond donors (Lipinski definition) is 0. The van der Waals surface area contributed by atoms with Crippen LogP contribution >= 0.6 is 11.6 Å². The lowest BCUT2D eigenvalue weighted by Gasteiger charge is -2.41. The van der Waals surface area contributed by atoms with Crippen molar-refractivity contribution in [2.45, 2.75) is 18.9 Å². The highest BCUT2D eigenvalue weighted by Gasteiger charge is 2.41. The molecule has 5 nitrogen and oxygen atoms in total. The number of hydrogen-bond acceptors (Lipinski definition) is 3. The van der Waals surface area contributed by atoms with Crippen molar-refractivity contribution < 1.29 is 14.3 Å². The van der Waals surface area contributed by atoms with Gasteiger partial charge < -0.3 is 14.5 Å². The van der Waals surface area contributed by atoms with Crippen LogP contribution in [0.25, 0.3) is 0 Å². The molecule has 2 rings (SSSR count). The first-order chi connectivity index (χ1) is 11.0. The fourth-order valence-electron chi connectivity index (χ4n) is 3.10. The van der Waals surface area contributed by atoms with E-state index in [0.717, 1.165) is 5.56 Å². The number of methoxy groups -OCH3 is 1. The first-order valence-electron chi connectivity index (χ1n) is 7.71. The summed E-state index contributed by atoms with van der Waals surface area (Å²) >= 11 is 6.36. The Hall–Kier alpha value is -1.59. The van der Waals surface area contributed by atoms with Crippen LogP contribution in [0.5, 0.6) is 0 Å². The molecule has 1 fully saturated rings. The maximum Gasteiger partial charge on any atom is 0.227 e. The summed E-state index contributed by atoms with van der Waals surface area (Å²) in [6.45, 7) is 0.873. The third kappa shape index (κ3) is 3.85. The second-order valence-corrected chi connectivity index (χ2v) is 6.33. The van der Waals surface area contributed by atoms with Crippen molar-refractivity contribution in [2.24, 2.45) is 5.92 Å². The van der Waals surface area contributed by atoms with E-state index in [4.69, 9.17) is 16.3 Å². The lowest BCUT2D eigenvalue weighted by atomic mass is 9.83.